The summed E-state index contributed by atoms with van der Waals surface area (Å²) in [6, 6.07) is 49.0. The van der Waals surface area contributed by atoms with Gasteiger partial charge in [0.25, 0.3) is 68.8 Å². The van der Waals surface area contributed by atoms with Gasteiger partial charge in [0.05, 0.1) is 29.6 Å². The van der Waals surface area contributed by atoms with Crippen molar-refractivity contribution in [3.05, 3.63) is 347 Å². The number of carbonyl (C=O) groups excluding carboxylic acids is 7. The minimum absolute atomic E-state index is 0.0166. The molecular formula is C94H96F3N15O20. The minimum Gasteiger partial charge on any atom is -0.330 e. The van der Waals surface area contributed by atoms with Crippen LogP contribution in [-0.2, 0) is 50.6 Å². The molecular weight excluding hydrogens is 1720 g/mol. The second-order valence-corrected chi connectivity index (χ2v) is 31.1. The Morgan fingerprint density at radius 1 is 0.402 bits per heavy atom. The van der Waals surface area contributed by atoms with Gasteiger partial charge >= 0.3 is 11.9 Å². The fraction of sp³-hybridized carbons (Fsp3) is 0.234. The first-order valence-electron chi connectivity index (χ1n) is 41.4. The molecule has 0 aliphatic carbocycles. The van der Waals surface area contributed by atoms with Gasteiger partial charge in [0.2, 0.25) is 0 Å². The molecule has 0 radical (unpaired) electrons. The summed E-state index contributed by atoms with van der Waals surface area (Å²) in [4.78, 5) is 171. The first-order chi connectivity index (χ1) is 63.1. The summed E-state index contributed by atoms with van der Waals surface area (Å²) in [5.74, 6) is -3.90. The van der Waals surface area contributed by atoms with Crippen molar-refractivity contribution in [2.24, 2.45) is 18.7 Å². The third kappa shape index (κ3) is 24.8. The normalized spacial score (nSPS) is 11.8. The van der Waals surface area contributed by atoms with Gasteiger partial charge in [-0.05, 0) is 225 Å². The molecule has 6 aromatic heterocycles. The maximum absolute atomic E-state index is 13.1. The van der Waals surface area contributed by atoms with Crippen molar-refractivity contribution in [1.82, 2.24) is 70.2 Å². The van der Waals surface area contributed by atoms with Crippen molar-refractivity contribution >= 4 is 106 Å². The van der Waals surface area contributed by atoms with Gasteiger partial charge < -0.3 is 38.5 Å². The Labute approximate surface area is 747 Å². The highest BCUT2D eigenvalue weighted by Crippen LogP contribution is 2.32. The Morgan fingerprint density at radius 3 is 1.18 bits per heavy atom. The van der Waals surface area contributed by atoms with E-state index in [1.807, 2.05) is 82.4 Å². The standard InChI is InChI=1S/C22H22N2O4.C18H13F3N2O3.C18H23N3O3.C13H15N3O3.C13H14N2O3.C10H9N3O4/c1-14(2)20(25)11-15-4-3-5-16(10-15)13-24-9-8-17-6-7-18(21(26)23-28)12-19(17)22(24)27;19-18(20,21)15-4-2-1-3-13(15)10-23-8-7-11-5-6-12(16(24)22-26)9-14(11)17(23)25;22-17(19-24)15-6-5-14-7-12-21(18(23)16(14)13-15)11-4-10-20-8-2-1-3-9-20;14-5-1-6-16-7-4-9-2-3-10(12(17)15-19)8-11(9)13(16)18;1-8(2)15-6-5-9-3-4-10(12(16)14-18)7-11(9)13(15)17;1-13-9(15)6-4-5(8(14)12-17)2-3-7(6)11-10(13)16/h3-10,12,14,28H,11,13H2,1-2H3,(H,23,26);1-9,26H,10H2,(H,22,24);5-7,12-13,24H,1-4,8-11H2,(H,19,22);2-4,7-8,19H,1,5-6,14H2,(H,15,17);3-8,18H,1-2H3,(H,14,16);2-4,17H,1H3,(H,11,16)(H,12,14). The van der Waals surface area contributed by atoms with Crippen molar-refractivity contribution in [3.63, 3.8) is 0 Å². The zero-order chi connectivity index (χ0) is 95.8. The number of nitrogens with one attached hydrogen (secondary N) is 7. The van der Waals surface area contributed by atoms with Crippen LogP contribution in [-0.4, -0.2) is 136 Å². The number of amides is 6. The Morgan fingerprint density at radius 2 is 0.773 bits per heavy atom. The largest absolute Gasteiger partial charge is 0.416 e. The number of nitrogens with zero attached hydrogens (tertiary/aromatic N) is 7. The molecule has 1 fully saturated rings. The third-order valence-electron chi connectivity index (χ3n) is 21.6. The summed E-state index contributed by atoms with van der Waals surface area (Å²) in [6.07, 6.45) is 9.74. The predicted octanol–water partition coefficient (Wildman–Crippen LogP) is 9.64. The van der Waals surface area contributed by atoms with Gasteiger partial charge in [0, 0.05) is 130 Å². The molecule has 1 aliphatic rings. The van der Waals surface area contributed by atoms with E-state index in [0.29, 0.717) is 76.9 Å². The third-order valence-corrected chi connectivity index (χ3v) is 21.6. The van der Waals surface area contributed by atoms with Crippen LogP contribution in [0.25, 0.3) is 64.8 Å². The van der Waals surface area contributed by atoms with Crippen molar-refractivity contribution in [2.75, 3.05) is 26.2 Å². The monoisotopic (exact) mass is 1810 g/mol. The number of ketones is 1. The summed E-state index contributed by atoms with van der Waals surface area (Å²) in [6.45, 7) is 12.7. The molecule has 0 atom stereocenters. The second-order valence-electron chi connectivity index (χ2n) is 31.1. The molecule has 14 aromatic rings. The SMILES string of the molecule is CC(C)C(=O)Cc1cccc(Cn2ccc3ccc(C(=O)NO)cc3c2=O)c1.CC(C)n1ccc2ccc(C(=O)NO)cc2c1=O.Cn1c(=O)[nH]c2ccc(C(=O)NO)cc2c1=O.NCCCn1ccc2ccc(C(=O)NO)cc2c1=O.O=C(NO)c1ccc2ccn(CCCN3CCCCC3)c(=O)c2c1.O=C(NO)c1ccc2ccn(Cc3ccccc3C(F)(F)F)c(=O)c2c1. The van der Waals surface area contributed by atoms with Crippen LogP contribution in [0.2, 0.25) is 0 Å². The van der Waals surface area contributed by atoms with Crippen molar-refractivity contribution in [3.8, 4) is 0 Å². The van der Waals surface area contributed by atoms with Gasteiger partial charge in [0.1, 0.15) is 5.78 Å². The van der Waals surface area contributed by atoms with E-state index in [9.17, 15) is 80.3 Å². The highest BCUT2D eigenvalue weighted by atomic mass is 19.4. The molecule has 35 nitrogen and oxygen atoms in total. The van der Waals surface area contributed by atoms with Crippen molar-refractivity contribution < 1.29 is 78.0 Å². The van der Waals surface area contributed by atoms with E-state index >= 15 is 0 Å². The summed E-state index contributed by atoms with van der Waals surface area (Å²) >= 11 is 0. The number of hydrogen-bond donors (Lipinski definition) is 14. The molecule has 7 heterocycles. The molecule has 8 aromatic carbocycles. The maximum atomic E-state index is 13.1. The maximum Gasteiger partial charge on any atom is 0.416 e. The van der Waals surface area contributed by atoms with Crippen molar-refractivity contribution in [2.45, 2.75) is 105 Å². The quantitative estimate of drug-likeness (QED) is 0.0235. The van der Waals surface area contributed by atoms with E-state index < -0.39 is 64.0 Å². The topological polar surface area (TPSA) is 507 Å². The lowest BCUT2D eigenvalue weighted by molar-refractivity contribution is -0.138. The smallest absolute Gasteiger partial charge is 0.330 e. The van der Waals surface area contributed by atoms with Crippen LogP contribution in [0, 0.1) is 5.92 Å². The number of alkyl halides is 3. The summed E-state index contributed by atoms with van der Waals surface area (Å²) in [7, 11) is 1.33. The number of rotatable bonds is 21. The lowest BCUT2D eigenvalue weighted by atomic mass is 9.99. The van der Waals surface area contributed by atoms with E-state index in [-0.39, 0.29) is 96.2 Å². The number of likely N-dealkylation sites (tertiary alicyclic amines) is 1. The van der Waals surface area contributed by atoms with Crippen LogP contribution < -0.4 is 77.7 Å². The average molecular weight is 1810 g/mol. The van der Waals surface area contributed by atoms with Gasteiger partial charge in [-0.15, -0.1) is 0 Å². The number of piperidine rings is 1. The Kier molecular flexibility index (Phi) is 34.2. The number of Topliss-reactive ketones (excluding diaryl/α,β-unsaturated/α-hetero) is 1. The highest BCUT2D eigenvalue weighted by Gasteiger charge is 2.33. The molecule has 688 valence electrons. The zero-order valence-corrected chi connectivity index (χ0v) is 72.1. The Bertz CT molecular complexity index is 7120. The molecule has 15 N–H and O–H groups in total. The summed E-state index contributed by atoms with van der Waals surface area (Å²) < 4.78 is 47.9. The number of fused-ring (bicyclic) bond motifs is 6. The Balaban J connectivity index is 0.000000166. The van der Waals surface area contributed by atoms with Crippen LogP contribution >= 0.6 is 0 Å². The summed E-state index contributed by atoms with van der Waals surface area (Å²) in [5, 5.41) is 57.6. The van der Waals surface area contributed by atoms with E-state index in [2.05, 4.69) is 9.88 Å². The van der Waals surface area contributed by atoms with E-state index in [0.717, 1.165) is 68.5 Å². The first kappa shape index (κ1) is 98.9. The number of halogens is 3. The molecule has 15 rings (SSSR count). The van der Waals surface area contributed by atoms with Crippen LogP contribution in [0.15, 0.2) is 253 Å². The molecule has 0 saturated carbocycles. The van der Waals surface area contributed by atoms with Crippen LogP contribution in [0.3, 0.4) is 0 Å². The molecule has 1 saturated heterocycles. The van der Waals surface area contributed by atoms with Crippen LogP contribution in [0.5, 0.6) is 0 Å². The fourth-order valence-corrected chi connectivity index (χ4v) is 14.4. The number of hydroxylamine groups is 6. The molecule has 6 amide bonds. The van der Waals surface area contributed by atoms with Gasteiger partial charge in [-0.25, -0.2) is 37.7 Å². The Hall–Kier alpha value is -15.3. The van der Waals surface area contributed by atoms with Gasteiger partial charge in [0.15, 0.2) is 0 Å². The number of aromatic nitrogens is 7. The van der Waals surface area contributed by atoms with Crippen molar-refractivity contribution in [1.29, 1.82) is 0 Å². The van der Waals surface area contributed by atoms with Crippen LogP contribution in [0.1, 0.15) is 150 Å². The molecule has 38 heteroatoms. The van der Waals surface area contributed by atoms with E-state index in [1.54, 1.807) is 113 Å². The van der Waals surface area contributed by atoms with Gasteiger partial charge in [-0.1, -0.05) is 93.1 Å². The number of aryl methyl sites for hydroxylation is 2. The predicted molar refractivity (Wildman–Crippen MR) is 485 cm³/mol. The van der Waals surface area contributed by atoms with E-state index in [1.165, 1.54) is 122 Å². The molecule has 132 heavy (non-hydrogen) atoms. The van der Waals surface area contributed by atoms with Crippen LogP contribution in [0.4, 0.5) is 13.2 Å². The summed E-state index contributed by atoms with van der Waals surface area (Å²) in [5.41, 5.74) is 14.9. The molecule has 0 bridgehead atoms. The minimum atomic E-state index is -4.52. The van der Waals surface area contributed by atoms with E-state index in [4.69, 9.17) is 37.0 Å². The number of carbonyl (C=O) groups is 7. The lowest BCUT2D eigenvalue weighted by Gasteiger charge is -2.26. The number of H-pyrrole nitrogens is 1. The number of hydrogen-bond acceptors (Lipinski definition) is 22. The average Bonchev–Trinajstić information content (AvgIpc) is 0.933. The van der Waals surface area contributed by atoms with Gasteiger partial charge in [-0.2, -0.15) is 13.2 Å². The number of aromatic amines is 1. The first-order valence-corrected chi connectivity index (χ1v) is 41.4. The number of benzene rings is 8. The second kappa shape index (κ2) is 45.6. The molecule has 1 aliphatic heterocycles. The number of pyridine rings is 5. The lowest BCUT2D eigenvalue weighted by Crippen LogP contribution is -2.32. The molecule has 0 unspecified atom stereocenters. The number of nitrogens with two attached hydrogens (primary N) is 1. The molecule has 0 spiro atoms. The fourth-order valence-electron chi connectivity index (χ4n) is 14.4. The highest BCUT2D eigenvalue weighted by molar-refractivity contribution is 6.02. The zero-order valence-electron chi connectivity index (χ0n) is 72.1. The van der Waals surface area contributed by atoms with Gasteiger partial charge in [-0.3, -0.25) is 98.1 Å².